The highest BCUT2D eigenvalue weighted by atomic mass is 19.4. The van der Waals surface area contributed by atoms with Gasteiger partial charge in [-0.1, -0.05) is 36.4 Å². The lowest BCUT2D eigenvalue weighted by molar-refractivity contribution is -0.255. The average molecular weight is 400 g/mol. The number of rotatable bonds is 4. The SMILES string of the molecule is O=C([O-])c1ccc2c(c1)[nH]c1nc(Cc3cccc(C(O)C(F)(F)F)c3)ncc12. The van der Waals surface area contributed by atoms with Crippen LogP contribution in [0.15, 0.2) is 48.7 Å². The molecule has 0 aliphatic heterocycles. The van der Waals surface area contributed by atoms with Gasteiger partial charge in [-0.05, 0) is 22.8 Å². The number of alkyl halides is 3. The van der Waals surface area contributed by atoms with E-state index in [1.165, 1.54) is 30.3 Å². The smallest absolute Gasteiger partial charge is 0.418 e. The number of aromatic amines is 1. The third-order valence-electron chi connectivity index (χ3n) is 4.58. The highest BCUT2D eigenvalue weighted by Gasteiger charge is 2.39. The zero-order chi connectivity index (χ0) is 20.8. The largest absolute Gasteiger partial charge is 0.545 e. The maximum atomic E-state index is 12.7. The molecule has 148 valence electrons. The second-order valence-electron chi connectivity index (χ2n) is 6.59. The van der Waals surface area contributed by atoms with E-state index in [2.05, 4.69) is 15.0 Å². The maximum Gasteiger partial charge on any atom is 0.418 e. The van der Waals surface area contributed by atoms with Crippen molar-refractivity contribution in [1.29, 1.82) is 0 Å². The lowest BCUT2D eigenvalue weighted by Gasteiger charge is -2.15. The summed E-state index contributed by atoms with van der Waals surface area (Å²) in [6, 6.07) is 10.0. The van der Waals surface area contributed by atoms with Crippen molar-refractivity contribution in [3.8, 4) is 0 Å². The number of aliphatic hydroxyl groups is 1. The van der Waals surface area contributed by atoms with Gasteiger partial charge in [0.15, 0.2) is 6.10 Å². The monoisotopic (exact) mass is 400 g/mol. The number of carboxylic acids is 1. The number of carboxylic acid groups (broad SMARTS) is 1. The molecule has 0 aliphatic rings. The summed E-state index contributed by atoms with van der Waals surface area (Å²) in [6.45, 7) is 0. The van der Waals surface area contributed by atoms with Crippen LogP contribution >= 0.6 is 0 Å². The van der Waals surface area contributed by atoms with Gasteiger partial charge in [-0.15, -0.1) is 0 Å². The molecular formula is C20H13F3N3O3-. The number of hydrogen-bond acceptors (Lipinski definition) is 5. The zero-order valence-corrected chi connectivity index (χ0v) is 14.7. The van der Waals surface area contributed by atoms with Crippen molar-refractivity contribution < 1.29 is 28.2 Å². The van der Waals surface area contributed by atoms with Crippen molar-refractivity contribution in [3.63, 3.8) is 0 Å². The molecule has 2 heterocycles. The molecule has 2 aromatic carbocycles. The third kappa shape index (κ3) is 3.64. The molecular weight excluding hydrogens is 387 g/mol. The van der Waals surface area contributed by atoms with Crippen LogP contribution < -0.4 is 5.11 Å². The molecule has 0 radical (unpaired) electrons. The highest BCUT2D eigenvalue weighted by molar-refractivity contribution is 6.07. The topological polar surface area (TPSA) is 102 Å². The van der Waals surface area contributed by atoms with Crippen LogP contribution in [0, 0.1) is 0 Å². The average Bonchev–Trinajstić information content (AvgIpc) is 3.03. The number of hydrogen-bond donors (Lipinski definition) is 2. The van der Waals surface area contributed by atoms with Crippen molar-refractivity contribution in [2.75, 3.05) is 0 Å². The summed E-state index contributed by atoms with van der Waals surface area (Å²) in [5, 5.41) is 21.9. The van der Waals surface area contributed by atoms with E-state index in [-0.39, 0.29) is 17.5 Å². The number of carbonyl (C=O) groups is 1. The Labute approximate surface area is 161 Å². The lowest BCUT2D eigenvalue weighted by atomic mass is 10.0. The van der Waals surface area contributed by atoms with E-state index < -0.39 is 18.2 Å². The molecule has 1 unspecified atom stereocenters. The molecule has 0 saturated heterocycles. The normalized spacial score (nSPS) is 13.1. The van der Waals surface area contributed by atoms with Gasteiger partial charge < -0.3 is 20.0 Å². The Morgan fingerprint density at radius 3 is 2.69 bits per heavy atom. The minimum Gasteiger partial charge on any atom is -0.545 e. The fourth-order valence-corrected chi connectivity index (χ4v) is 3.18. The van der Waals surface area contributed by atoms with Gasteiger partial charge in [-0.25, -0.2) is 9.97 Å². The van der Waals surface area contributed by atoms with Crippen LogP contribution in [0.1, 0.15) is 33.4 Å². The van der Waals surface area contributed by atoms with E-state index in [1.807, 2.05) is 0 Å². The third-order valence-corrected chi connectivity index (χ3v) is 4.58. The minimum absolute atomic E-state index is 0.0253. The number of nitrogens with one attached hydrogen (secondary N) is 1. The Morgan fingerprint density at radius 2 is 1.97 bits per heavy atom. The zero-order valence-electron chi connectivity index (χ0n) is 14.7. The fraction of sp³-hybridized carbons (Fsp3) is 0.150. The first-order valence-electron chi connectivity index (χ1n) is 8.54. The molecule has 0 fully saturated rings. The summed E-state index contributed by atoms with van der Waals surface area (Å²) in [7, 11) is 0. The van der Waals surface area contributed by atoms with Crippen LogP contribution in [0.5, 0.6) is 0 Å². The van der Waals surface area contributed by atoms with Gasteiger partial charge in [0.25, 0.3) is 0 Å². The van der Waals surface area contributed by atoms with Gasteiger partial charge >= 0.3 is 6.18 Å². The molecule has 1 atom stereocenters. The number of aromatic nitrogens is 3. The fourth-order valence-electron chi connectivity index (χ4n) is 3.18. The van der Waals surface area contributed by atoms with E-state index in [0.29, 0.717) is 27.9 Å². The van der Waals surface area contributed by atoms with Crippen LogP contribution in [0.3, 0.4) is 0 Å². The first-order valence-corrected chi connectivity index (χ1v) is 8.54. The number of nitrogens with zero attached hydrogens (tertiary/aromatic N) is 2. The van der Waals surface area contributed by atoms with Gasteiger partial charge in [0.1, 0.15) is 11.5 Å². The summed E-state index contributed by atoms with van der Waals surface area (Å²) in [5.74, 6) is -0.930. The van der Waals surface area contributed by atoms with Gasteiger partial charge in [-0.3, -0.25) is 0 Å². The first kappa shape index (κ1) is 18.9. The quantitative estimate of drug-likeness (QED) is 0.548. The van der Waals surface area contributed by atoms with E-state index in [1.54, 1.807) is 18.3 Å². The maximum absolute atomic E-state index is 12.7. The Bertz CT molecular complexity index is 1230. The minimum atomic E-state index is -4.75. The van der Waals surface area contributed by atoms with E-state index in [4.69, 9.17) is 0 Å². The molecule has 29 heavy (non-hydrogen) atoms. The van der Waals surface area contributed by atoms with Gasteiger partial charge in [0, 0.05) is 28.9 Å². The molecule has 0 saturated carbocycles. The summed E-state index contributed by atoms with van der Waals surface area (Å²) in [5.41, 5.74) is 1.32. The molecule has 6 nitrogen and oxygen atoms in total. The van der Waals surface area contributed by atoms with Crippen molar-refractivity contribution in [3.05, 3.63) is 71.2 Å². The predicted octanol–water partition coefficient (Wildman–Crippen LogP) is 2.66. The molecule has 0 spiro atoms. The number of aliphatic hydroxyl groups excluding tert-OH is 1. The standard InChI is InChI=1S/C20H14F3N3O3/c21-20(22,23)17(27)11-3-1-2-10(6-11)7-16-24-9-14-13-5-4-12(19(28)29)8-15(13)25-18(14)26-16/h1-6,8-9,17,27H,7H2,(H,28,29)(H,24,25,26)/p-1. The van der Waals surface area contributed by atoms with Crippen LogP contribution in [0.4, 0.5) is 13.2 Å². The highest BCUT2D eigenvalue weighted by Crippen LogP contribution is 2.33. The van der Waals surface area contributed by atoms with E-state index in [0.717, 1.165) is 5.39 Å². The summed E-state index contributed by atoms with van der Waals surface area (Å²) in [4.78, 5) is 22.7. The van der Waals surface area contributed by atoms with Crippen LogP contribution in [-0.4, -0.2) is 32.2 Å². The molecule has 2 N–H and O–H groups in total. The van der Waals surface area contributed by atoms with Crippen LogP contribution in [-0.2, 0) is 6.42 Å². The van der Waals surface area contributed by atoms with Gasteiger partial charge in [-0.2, -0.15) is 13.2 Å². The van der Waals surface area contributed by atoms with Gasteiger partial charge in [0.05, 0.1) is 5.97 Å². The van der Waals surface area contributed by atoms with Crippen molar-refractivity contribution in [1.82, 2.24) is 15.0 Å². The Balaban J connectivity index is 1.67. The summed E-state index contributed by atoms with van der Waals surface area (Å²) >= 11 is 0. The van der Waals surface area contributed by atoms with Crippen molar-refractivity contribution in [2.24, 2.45) is 0 Å². The van der Waals surface area contributed by atoms with Crippen LogP contribution in [0.25, 0.3) is 21.9 Å². The van der Waals surface area contributed by atoms with Crippen molar-refractivity contribution in [2.45, 2.75) is 18.7 Å². The number of fused-ring (bicyclic) bond motifs is 3. The Morgan fingerprint density at radius 1 is 1.17 bits per heavy atom. The lowest BCUT2D eigenvalue weighted by Crippen LogP contribution is -2.21. The van der Waals surface area contributed by atoms with Gasteiger partial charge in [0.2, 0.25) is 0 Å². The molecule has 0 aliphatic carbocycles. The van der Waals surface area contributed by atoms with Crippen molar-refractivity contribution >= 4 is 27.9 Å². The molecule has 0 amide bonds. The number of H-pyrrole nitrogens is 1. The first-order chi connectivity index (χ1) is 13.7. The molecule has 4 aromatic rings. The second kappa shape index (κ2) is 6.85. The van der Waals surface area contributed by atoms with Crippen LogP contribution in [0.2, 0.25) is 0 Å². The summed E-state index contributed by atoms with van der Waals surface area (Å²) < 4.78 is 38.2. The predicted molar refractivity (Wildman–Crippen MR) is 96.0 cm³/mol. The molecule has 9 heteroatoms. The second-order valence-corrected chi connectivity index (χ2v) is 6.59. The van der Waals surface area contributed by atoms with E-state index >= 15 is 0 Å². The molecule has 2 aromatic heterocycles. The Kier molecular flexibility index (Phi) is 4.46. The number of carbonyl (C=O) groups excluding carboxylic acids is 1. The van der Waals surface area contributed by atoms with E-state index in [9.17, 15) is 28.2 Å². The molecule has 0 bridgehead atoms. The molecule has 4 rings (SSSR count). The Hall–Kier alpha value is -3.46. The number of benzene rings is 2. The number of aromatic carboxylic acids is 1. The summed E-state index contributed by atoms with van der Waals surface area (Å²) in [6.07, 6.45) is -5.57. The number of halogens is 3.